The molecule has 0 saturated heterocycles. The van der Waals surface area contributed by atoms with E-state index in [1.165, 1.54) is 11.3 Å². The number of thiazole rings is 1. The van der Waals surface area contributed by atoms with Gasteiger partial charge in [-0.05, 0) is 19.2 Å². The van der Waals surface area contributed by atoms with E-state index in [0.717, 1.165) is 10.5 Å². The molecule has 0 aliphatic heterocycles. The fourth-order valence-corrected chi connectivity index (χ4v) is 1.33. The van der Waals surface area contributed by atoms with E-state index in [9.17, 15) is 0 Å². The second kappa shape index (κ2) is 10.1. The summed E-state index contributed by atoms with van der Waals surface area (Å²) in [5.41, 5.74) is 2.73. The molecule has 0 aliphatic carbocycles. The predicted octanol–water partition coefficient (Wildman–Crippen LogP) is 4.56. The largest absolute Gasteiger partial charge is 0.244 e. The minimum absolute atomic E-state index is 0.692. The lowest BCUT2D eigenvalue weighted by atomic mass is 10.3. The molecule has 0 saturated carbocycles. The highest BCUT2D eigenvalue weighted by Crippen LogP contribution is 2.26. The highest BCUT2D eigenvalue weighted by molar-refractivity contribution is 7.11. The van der Waals surface area contributed by atoms with Crippen molar-refractivity contribution in [3.63, 3.8) is 0 Å². The second-order valence-corrected chi connectivity index (χ2v) is 2.80. The standard InChI is InChI=1S/C7H8N2S.2C2H6/c1-5(2)6-7(8-3)9-4-10-6;2*1-2/h4H,1,3H2,2H3;2*1-2H3. The van der Waals surface area contributed by atoms with Crippen molar-refractivity contribution in [1.29, 1.82) is 0 Å². The van der Waals surface area contributed by atoms with Crippen LogP contribution in [0, 0.1) is 0 Å². The van der Waals surface area contributed by atoms with Gasteiger partial charge in [-0.1, -0.05) is 34.3 Å². The fourth-order valence-electron chi connectivity index (χ4n) is 0.644. The third-order valence-electron chi connectivity index (χ3n) is 1.09. The summed E-state index contributed by atoms with van der Waals surface area (Å²) in [5.74, 6) is 0.692. The molecule has 2 nitrogen and oxygen atoms in total. The maximum atomic E-state index is 3.98. The van der Waals surface area contributed by atoms with E-state index < -0.39 is 0 Å². The molecule has 0 aliphatic rings. The van der Waals surface area contributed by atoms with Gasteiger partial charge in [0.15, 0.2) is 5.82 Å². The van der Waals surface area contributed by atoms with E-state index in [4.69, 9.17) is 0 Å². The summed E-state index contributed by atoms with van der Waals surface area (Å²) >= 11 is 1.54. The van der Waals surface area contributed by atoms with Crippen LogP contribution >= 0.6 is 11.3 Å². The van der Waals surface area contributed by atoms with Crippen LogP contribution in [0.2, 0.25) is 0 Å². The highest BCUT2D eigenvalue weighted by Gasteiger charge is 2.02. The Kier molecular flexibility index (Phi) is 11.2. The Balaban J connectivity index is 0. The number of allylic oxidation sites excluding steroid dienone is 1. The summed E-state index contributed by atoms with van der Waals surface area (Å²) in [7, 11) is 0. The topological polar surface area (TPSA) is 25.2 Å². The Morgan fingerprint density at radius 1 is 1.36 bits per heavy atom. The van der Waals surface area contributed by atoms with Crippen molar-refractivity contribution in [1.82, 2.24) is 4.98 Å². The summed E-state index contributed by atoms with van der Waals surface area (Å²) in [5, 5.41) is 0. The molecule has 3 heteroatoms. The molecule has 1 aromatic heterocycles. The molecule has 0 atom stereocenters. The zero-order valence-corrected chi connectivity index (χ0v) is 10.6. The van der Waals surface area contributed by atoms with Crippen LogP contribution in [0.5, 0.6) is 0 Å². The zero-order valence-electron chi connectivity index (χ0n) is 9.79. The van der Waals surface area contributed by atoms with Gasteiger partial charge in [-0.3, -0.25) is 0 Å². The van der Waals surface area contributed by atoms with Crippen LogP contribution in [-0.4, -0.2) is 11.7 Å². The van der Waals surface area contributed by atoms with Crippen LogP contribution < -0.4 is 0 Å². The summed E-state index contributed by atoms with van der Waals surface area (Å²) in [6.07, 6.45) is 0. The summed E-state index contributed by atoms with van der Waals surface area (Å²) in [6, 6.07) is 0. The SMILES string of the molecule is C=Nc1ncsc1C(=C)C.CC.CC. The maximum Gasteiger partial charge on any atom is 0.169 e. The summed E-state index contributed by atoms with van der Waals surface area (Å²) < 4.78 is 0. The average Bonchev–Trinajstić information content (AvgIpc) is 2.71. The Bertz CT molecular complexity index is 264. The minimum atomic E-state index is 0.692. The number of nitrogens with zero attached hydrogens (tertiary/aromatic N) is 2. The van der Waals surface area contributed by atoms with Gasteiger partial charge in [-0.25, -0.2) is 9.98 Å². The van der Waals surface area contributed by atoms with Gasteiger partial charge < -0.3 is 0 Å². The van der Waals surface area contributed by atoms with E-state index in [0.29, 0.717) is 5.82 Å². The van der Waals surface area contributed by atoms with Gasteiger partial charge in [0.05, 0.1) is 10.4 Å². The van der Waals surface area contributed by atoms with Crippen molar-refractivity contribution >= 4 is 29.4 Å². The molecule has 1 aromatic rings. The van der Waals surface area contributed by atoms with Gasteiger partial charge in [-0.15, -0.1) is 11.3 Å². The van der Waals surface area contributed by atoms with E-state index >= 15 is 0 Å². The Labute approximate surface area is 91.4 Å². The third-order valence-corrected chi connectivity index (χ3v) is 2.06. The summed E-state index contributed by atoms with van der Waals surface area (Å²) in [6.45, 7) is 17.1. The van der Waals surface area contributed by atoms with Crippen molar-refractivity contribution in [2.45, 2.75) is 34.6 Å². The number of rotatable bonds is 2. The van der Waals surface area contributed by atoms with Gasteiger partial charge in [0.25, 0.3) is 0 Å². The van der Waals surface area contributed by atoms with Crippen LogP contribution in [0.4, 0.5) is 5.82 Å². The van der Waals surface area contributed by atoms with E-state index in [-0.39, 0.29) is 0 Å². The van der Waals surface area contributed by atoms with Crippen LogP contribution in [-0.2, 0) is 0 Å². The molecule has 0 spiro atoms. The molecule has 0 N–H and O–H groups in total. The zero-order chi connectivity index (χ0) is 11.6. The molecule has 1 heterocycles. The maximum absolute atomic E-state index is 3.98. The Morgan fingerprint density at radius 3 is 2.14 bits per heavy atom. The third kappa shape index (κ3) is 4.92. The van der Waals surface area contributed by atoms with Gasteiger partial charge in [-0.2, -0.15) is 0 Å². The summed E-state index contributed by atoms with van der Waals surface area (Å²) in [4.78, 5) is 8.75. The van der Waals surface area contributed by atoms with Crippen molar-refractivity contribution in [3.8, 4) is 0 Å². The number of hydrogen-bond acceptors (Lipinski definition) is 3. The van der Waals surface area contributed by atoms with Crippen LogP contribution in [0.25, 0.3) is 5.57 Å². The molecule has 0 unspecified atom stereocenters. The Hall–Kier alpha value is -0.960. The van der Waals surface area contributed by atoms with Crippen molar-refractivity contribution in [2.24, 2.45) is 4.99 Å². The quantitative estimate of drug-likeness (QED) is 0.660. The van der Waals surface area contributed by atoms with E-state index in [1.807, 2.05) is 34.6 Å². The molecule has 80 valence electrons. The fraction of sp³-hybridized carbons (Fsp3) is 0.455. The normalized spacial score (nSPS) is 7.50. The lowest BCUT2D eigenvalue weighted by Gasteiger charge is -1.91. The van der Waals surface area contributed by atoms with Gasteiger partial charge in [0.1, 0.15) is 0 Å². The first kappa shape index (κ1) is 15.5. The van der Waals surface area contributed by atoms with Crippen molar-refractivity contribution in [2.75, 3.05) is 0 Å². The first-order chi connectivity index (χ1) is 6.75. The molecule has 0 bridgehead atoms. The van der Waals surface area contributed by atoms with Gasteiger partial charge in [0.2, 0.25) is 0 Å². The van der Waals surface area contributed by atoms with E-state index in [2.05, 4.69) is 23.3 Å². The minimum Gasteiger partial charge on any atom is -0.244 e. The molecular weight excluding hydrogens is 192 g/mol. The first-order valence-corrected chi connectivity index (χ1v) is 5.69. The number of aromatic nitrogens is 1. The second-order valence-electron chi connectivity index (χ2n) is 1.94. The molecule has 1 rings (SSSR count). The molecule has 0 fully saturated rings. The number of aliphatic imine (C=N–C) groups is 1. The number of hydrogen-bond donors (Lipinski definition) is 0. The molecular formula is C11H20N2S. The highest BCUT2D eigenvalue weighted by atomic mass is 32.1. The Morgan fingerprint density at radius 2 is 1.86 bits per heavy atom. The molecule has 14 heavy (non-hydrogen) atoms. The monoisotopic (exact) mass is 212 g/mol. The van der Waals surface area contributed by atoms with Crippen LogP contribution in [0.15, 0.2) is 17.1 Å². The van der Waals surface area contributed by atoms with Crippen molar-refractivity contribution < 1.29 is 0 Å². The van der Waals surface area contributed by atoms with E-state index in [1.54, 1.807) is 5.51 Å². The van der Waals surface area contributed by atoms with Crippen LogP contribution in [0.1, 0.15) is 39.5 Å². The lowest BCUT2D eigenvalue weighted by molar-refractivity contribution is 1.34. The van der Waals surface area contributed by atoms with Gasteiger partial charge in [0, 0.05) is 0 Å². The molecule has 0 aromatic carbocycles. The molecule has 0 radical (unpaired) electrons. The molecule has 0 amide bonds. The smallest absolute Gasteiger partial charge is 0.169 e. The van der Waals surface area contributed by atoms with Crippen LogP contribution in [0.3, 0.4) is 0 Å². The van der Waals surface area contributed by atoms with Gasteiger partial charge >= 0.3 is 0 Å². The lowest BCUT2D eigenvalue weighted by Crippen LogP contribution is -1.69. The van der Waals surface area contributed by atoms with Crippen molar-refractivity contribution in [3.05, 3.63) is 17.0 Å². The first-order valence-electron chi connectivity index (χ1n) is 4.82. The predicted molar refractivity (Wildman–Crippen MR) is 68.7 cm³/mol. The average molecular weight is 212 g/mol.